The summed E-state index contributed by atoms with van der Waals surface area (Å²) in [5, 5.41) is 18.1. The van der Waals surface area contributed by atoms with Crippen LogP contribution in [0.25, 0.3) is 10.9 Å². The van der Waals surface area contributed by atoms with Crippen molar-refractivity contribution >= 4 is 28.5 Å². The monoisotopic (exact) mass is 467 g/mol. The maximum atomic E-state index is 13.0. The third-order valence-corrected chi connectivity index (χ3v) is 7.08. The summed E-state index contributed by atoms with van der Waals surface area (Å²) < 4.78 is 10.5. The van der Waals surface area contributed by atoms with Crippen LogP contribution in [0.15, 0.2) is 22.7 Å². The van der Waals surface area contributed by atoms with Gasteiger partial charge in [-0.15, -0.1) is 0 Å². The molecule has 1 atom stereocenters. The van der Waals surface area contributed by atoms with Gasteiger partial charge >= 0.3 is 6.03 Å². The van der Waals surface area contributed by atoms with E-state index in [1.54, 1.807) is 30.8 Å². The van der Waals surface area contributed by atoms with Crippen LogP contribution in [0, 0.1) is 13.8 Å². The number of hydrogen-bond donors (Lipinski definition) is 3. The van der Waals surface area contributed by atoms with E-state index in [0.29, 0.717) is 43.2 Å². The first-order valence-electron chi connectivity index (χ1n) is 11.4. The summed E-state index contributed by atoms with van der Waals surface area (Å²) in [6.45, 7) is 6.49. The van der Waals surface area contributed by atoms with Crippen LogP contribution in [-0.2, 0) is 10.2 Å². The molecule has 1 saturated heterocycles. The van der Waals surface area contributed by atoms with E-state index in [2.05, 4.69) is 15.5 Å². The number of carbonyl (C=O) groups excluding carboxylic acids is 2. The number of rotatable bonds is 4. The number of fused-ring (bicyclic) bond motifs is 4. The molecule has 2 aliphatic rings. The van der Waals surface area contributed by atoms with E-state index in [9.17, 15) is 14.7 Å². The number of methoxy groups -OCH3 is 1. The van der Waals surface area contributed by atoms with Crippen LogP contribution < -0.4 is 10.1 Å². The zero-order valence-corrected chi connectivity index (χ0v) is 19.8. The first kappa shape index (κ1) is 22.3. The summed E-state index contributed by atoms with van der Waals surface area (Å²) in [6, 6.07) is 5.13. The third-order valence-electron chi connectivity index (χ3n) is 7.08. The molecule has 180 valence electrons. The summed E-state index contributed by atoms with van der Waals surface area (Å²) in [4.78, 5) is 32.8. The number of aromatic nitrogens is 2. The summed E-state index contributed by atoms with van der Waals surface area (Å²) in [5.74, 6) is 1.24. The SMILES string of the molecule is CCC(=O)N1CC2(CN(C(=O)Nc3c(C)noc3C)C2)c2c([nH]c3cc(OC)ccc23)[C@H]1CO. The molecule has 3 N–H and O–H groups in total. The van der Waals surface area contributed by atoms with Crippen molar-refractivity contribution in [1.82, 2.24) is 19.9 Å². The van der Waals surface area contributed by atoms with Crippen LogP contribution in [-0.4, -0.2) is 70.3 Å². The second-order valence-electron chi connectivity index (χ2n) is 9.16. The fourth-order valence-corrected chi connectivity index (χ4v) is 5.41. The minimum absolute atomic E-state index is 0.0288. The molecular formula is C24H29N5O5. The number of amides is 3. The second-order valence-corrected chi connectivity index (χ2v) is 9.16. The van der Waals surface area contributed by atoms with Gasteiger partial charge in [-0.3, -0.25) is 4.79 Å². The van der Waals surface area contributed by atoms with Crippen molar-refractivity contribution in [2.24, 2.45) is 0 Å². The maximum Gasteiger partial charge on any atom is 0.322 e. The molecule has 2 aliphatic heterocycles. The molecular weight excluding hydrogens is 438 g/mol. The Morgan fingerprint density at radius 1 is 1.32 bits per heavy atom. The Morgan fingerprint density at radius 3 is 2.71 bits per heavy atom. The lowest BCUT2D eigenvalue weighted by molar-refractivity contribution is -0.138. The number of likely N-dealkylation sites (tertiary alicyclic amines) is 1. The van der Waals surface area contributed by atoms with Gasteiger partial charge in [-0.1, -0.05) is 12.1 Å². The Kier molecular flexibility index (Phi) is 5.27. The number of H-pyrrole nitrogens is 1. The van der Waals surface area contributed by atoms with Gasteiger partial charge in [0.1, 0.15) is 17.1 Å². The number of urea groups is 1. The zero-order chi connectivity index (χ0) is 24.2. The number of anilines is 1. The highest BCUT2D eigenvalue weighted by Gasteiger charge is 2.55. The largest absolute Gasteiger partial charge is 0.497 e. The highest BCUT2D eigenvalue weighted by Crippen LogP contribution is 2.48. The van der Waals surface area contributed by atoms with E-state index >= 15 is 0 Å². The first-order chi connectivity index (χ1) is 16.3. The summed E-state index contributed by atoms with van der Waals surface area (Å²) >= 11 is 0. The molecule has 1 spiro atoms. The average Bonchev–Trinajstić information content (AvgIpc) is 3.35. The van der Waals surface area contributed by atoms with Gasteiger partial charge in [0.2, 0.25) is 5.91 Å². The van der Waals surface area contributed by atoms with Crippen LogP contribution in [0.3, 0.4) is 0 Å². The number of ether oxygens (including phenoxy) is 1. The van der Waals surface area contributed by atoms with Gasteiger partial charge in [-0.2, -0.15) is 0 Å². The van der Waals surface area contributed by atoms with Crippen molar-refractivity contribution in [1.29, 1.82) is 0 Å². The molecule has 1 fully saturated rings. The van der Waals surface area contributed by atoms with Gasteiger partial charge in [0, 0.05) is 48.7 Å². The van der Waals surface area contributed by atoms with Crippen molar-refractivity contribution in [2.75, 3.05) is 38.7 Å². The van der Waals surface area contributed by atoms with E-state index in [4.69, 9.17) is 9.26 Å². The lowest BCUT2D eigenvalue weighted by Crippen LogP contribution is -2.68. The smallest absolute Gasteiger partial charge is 0.322 e. The predicted octanol–water partition coefficient (Wildman–Crippen LogP) is 2.85. The quantitative estimate of drug-likeness (QED) is 0.542. The number of hydrogen-bond acceptors (Lipinski definition) is 6. The Bertz CT molecular complexity index is 1250. The van der Waals surface area contributed by atoms with E-state index in [1.165, 1.54) is 0 Å². The highest BCUT2D eigenvalue weighted by molar-refractivity contribution is 5.93. The van der Waals surface area contributed by atoms with Crippen LogP contribution in [0.1, 0.15) is 42.1 Å². The minimum atomic E-state index is -0.461. The fourth-order valence-electron chi connectivity index (χ4n) is 5.41. The number of nitrogens with one attached hydrogen (secondary N) is 2. The predicted molar refractivity (Wildman–Crippen MR) is 125 cm³/mol. The molecule has 4 heterocycles. The number of benzene rings is 1. The topological polar surface area (TPSA) is 124 Å². The molecule has 0 unspecified atom stereocenters. The van der Waals surface area contributed by atoms with Gasteiger partial charge in [0.05, 0.1) is 25.2 Å². The minimum Gasteiger partial charge on any atom is -0.497 e. The van der Waals surface area contributed by atoms with E-state index in [1.807, 2.05) is 25.1 Å². The lowest BCUT2D eigenvalue weighted by Gasteiger charge is -2.55. The Balaban J connectivity index is 1.52. The molecule has 0 saturated carbocycles. The number of aliphatic hydroxyl groups excluding tert-OH is 1. The number of aryl methyl sites for hydroxylation is 2. The van der Waals surface area contributed by atoms with Crippen molar-refractivity contribution in [3.63, 3.8) is 0 Å². The van der Waals surface area contributed by atoms with Crippen molar-refractivity contribution < 1.29 is 24.0 Å². The third kappa shape index (κ3) is 3.24. The Morgan fingerprint density at radius 2 is 2.09 bits per heavy atom. The standard InChI is InChI=1S/C24H29N5O5/c1-5-19(31)29-12-24(10-28(11-24)23(32)26-21-13(2)27-34-14(21)3)20-16-7-6-15(33-4)8-17(16)25-22(20)18(29)9-30/h6-8,18,25,30H,5,9-12H2,1-4H3,(H,26,32)/t18-/m1/s1. The van der Waals surface area contributed by atoms with E-state index in [-0.39, 0.29) is 18.5 Å². The summed E-state index contributed by atoms with van der Waals surface area (Å²) in [5.41, 5.74) is 3.53. The summed E-state index contributed by atoms with van der Waals surface area (Å²) in [6.07, 6.45) is 0.339. The van der Waals surface area contributed by atoms with Crippen molar-refractivity contribution in [2.45, 2.75) is 38.6 Å². The normalized spacial score (nSPS) is 18.7. The second kappa shape index (κ2) is 8.05. The molecule has 2 aromatic heterocycles. The molecule has 0 aliphatic carbocycles. The van der Waals surface area contributed by atoms with Gasteiger partial charge in [0.25, 0.3) is 0 Å². The molecule has 5 rings (SSSR count). The van der Waals surface area contributed by atoms with Crippen molar-refractivity contribution in [3.8, 4) is 5.75 Å². The van der Waals surface area contributed by atoms with Gasteiger partial charge in [-0.25, -0.2) is 4.79 Å². The van der Waals surface area contributed by atoms with Gasteiger partial charge < -0.3 is 34.5 Å². The number of carbonyl (C=O) groups is 2. The Hall–Kier alpha value is -3.53. The van der Waals surface area contributed by atoms with Crippen LogP contribution in [0.5, 0.6) is 5.75 Å². The van der Waals surface area contributed by atoms with E-state index in [0.717, 1.165) is 27.9 Å². The maximum absolute atomic E-state index is 13.0. The lowest BCUT2D eigenvalue weighted by atomic mass is 9.68. The van der Waals surface area contributed by atoms with E-state index < -0.39 is 11.5 Å². The van der Waals surface area contributed by atoms with Crippen molar-refractivity contribution in [3.05, 3.63) is 40.9 Å². The van der Waals surface area contributed by atoms with Gasteiger partial charge in [0.15, 0.2) is 5.76 Å². The van der Waals surface area contributed by atoms with Crippen LogP contribution >= 0.6 is 0 Å². The van der Waals surface area contributed by atoms with Crippen LogP contribution in [0.2, 0.25) is 0 Å². The number of aliphatic hydroxyl groups is 1. The first-order valence-corrected chi connectivity index (χ1v) is 11.4. The number of nitrogens with zero attached hydrogens (tertiary/aromatic N) is 3. The molecule has 10 heteroatoms. The highest BCUT2D eigenvalue weighted by atomic mass is 16.5. The molecule has 34 heavy (non-hydrogen) atoms. The Labute approximate surface area is 196 Å². The van der Waals surface area contributed by atoms with Gasteiger partial charge in [-0.05, 0) is 31.5 Å². The molecule has 3 aromatic rings. The molecule has 1 aromatic carbocycles. The average molecular weight is 468 g/mol. The van der Waals surface area contributed by atoms with Crippen LogP contribution in [0.4, 0.5) is 10.5 Å². The molecule has 0 radical (unpaired) electrons. The molecule has 0 bridgehead atoms. The molecule has 10 nitrogen and oxygen atoms in total. The number of aromatic amines is 1. The fraction of sp³-hybridized carbons (Fsp3) is 0.458. The zero-order valence-electron chi connectivity index (χ0n) is 19.8. The summed E-state index contributed by atoms with van der Waals surface area (Å²) in [7, 11) is 1.62. The molecule has 3 amide bonds.